The average molecular weight is 484 g/mol. The molecule has 0 aliphatic carbocycles. The van der Waals surface area contributed by atoms with Crippen molar-refractivity contribution in [2.45, 2.75) is 11.8 Å². The molecule has 9 heteroatoms. The van der Waals surface area contributed by atoms with Gasteiger partial charge in [-0.25, -0.2) is 8.42 Å². The molecular weight excluding hydrogens is 467 g/mol. The van der Waals surface area contributed by atoms with Crippen LogP contribution in [-0.2, 0) is 14.8 Å². The SMILES string of the molecule is Cc1cccc(N(CC(=O)Nc2cccc(Cl)c2Cl)S(=O)(=O)c2ccc(Cl)cc2)c1. The molecule has 0 bridgehead atoms. The van der Waals surface area contributed by atoms with Gasteiger partial charge in [-0.3, -0.25) is 9.10 Å². The van der Waals surface area contributed by atoms with Gasteiger partial charge in [-0.15, -0.1) is 0 Å². The highest BCUT2D eigenvalue weighted by molar-refractivity contribution is 7.92. The van der Waals surface area contributed by atoms with Crippen LogP contribution < -0.4 is 9.62 Å². The van der Waals surface area contributed by atoms with E-state index >= 15 is 0 Å². The molecule has 0 saturated heterocycles. The Morgan fingerprint density at radius 3 is 2.30 bits per heavy atom. The van der Waals surface area contributed by atoms with Crippen molar-refractivity contribution in [3.8, 4) is 0 Å². The number of aryl methyl sites for hydroxylation is 1. The maximum Gasteiger partial charge on any atom is 0.264 e. The second kappa shape index (κ2) is 9.27. The molecule has 5 nitrogen and oxygen atoms in total. The molecule has 156 valence electrons. The Morgan fingerprint density at radius 1 is 0.967 bits per heavy atom. The number of benzene rings is 3. The van der Waals surface area contributed by atoms with Crippen LogP contribution in [0.15, 0.2) is 71.6 Å². The fourth-order valence-corrected chi connectivity index (χ4v) is 4.64. The summed E-state index contributed by atoms with van der Waals surface area (Å²) in [5.41, 5.74) is 1.50. The first-order valence-corrected chi connectivity index (χ1v) is 11.3. The molecule has 0 atom stereocenters. The van der Waals surface area contributed by atoms with Crippen LogP contribution in [0, 0.1) is 6.92 Å². The Balaban J connectivity index is 1.97. The van der Waals surface area contributed by atoms with Gasteiger partial charge in [0, 0.05) is 5.02 Å². The zero-order chi connectivity index (χ0) is 21.9. The lowest BCUT2D eigenvalue weighted by Crippen LogP contribution is -2.38. The van der Waals surface area contributed by atoms with Crippen molar-refractivity contribution in [3.05, 3.63) is 87.4 Å². The van der Waals surface area contributed by atoms with Crippen LogP contribution in [0.25, 0.3) is 0 Å². The van der Waals surface area contributed by atoms with Gasteiger partial charge in [0.1, 0.15) is 6.54 Å². The minimum Gasteiger partial charge on any atom is -0.323 e. The van der Waals surface area contributed by atoms with E-state index in [1.54, 1.807) is 36.4 Å². The normalized spacial score (nSPS) is 11.2. The van der Waals surface area contributed by atoms with Gasteiger partial charge in [0.25, 0.3) is 10.0 Å². The number of hydrogen-bond donors (Lipinski definition) is 1. The number of anilines is 2. The third-order valence-corrected chi connectivity index (χ3v) is 7.06. The number of nitrogens with one attached hydrogen (secondary N) is 1. The first kappa shape index (κ1) is 22.4. The summed E-state index contributed by atoms with van der Waals surface area (Å²) in [5.74, 6) is -0.571. The second-order valence-corrected chi connectivity index (χ2v) is 9.54. The molecule has 3 aromatic carbocycles. The number of nitrogens with zero attached hydrogens (tertiary/aromatic N) is 1. The molecule has 0 aliphatic heterocycles. The third-order valence-electron chi connectivity index (χ3n) is 4.20. The van der Waals surface area contributed by atoms with Crippen molar-refractivity contribution in [1.29, 1.82) is 0 Å². The quantitative estimate of drug-likeness (QED) is 0.482. The van der Waals surface area contributed by atoms with Gasteiger partial charge >= 0.3 is 0 Å². The molecule has 0 unspecified atom stereocenters. The van der Waals surface area contributed by atoms with Crippen molar-refractivity contribution in [3.63, 3.8) is 0 Å². The number of amides is 1. The topological polar surface area (TPSA) is 66.5 Å². The van der Waals surface area contributed by atoms with Crippen LogP contribution in [0.1, 0.15) is 5.56 Å². The molecule has 0 fully saturated rings. The summed E-state index contributed by atoms with van der Waals surface area (Å²) in [6.07, 6.45) is 0. The number of halogens is 3. The summed E-state index contributed by atoms with van der Waals surface area (Å²) in [5, 5.41) is 3.48. The summed E-state index contributed by atoms with van der Waals surface area (Å²) in [6, 6.07) is 17.4. The molecular formula is C21H17Cl3N2O3S. The molecule has 3 aromatic rings. The lowest BCUT2D eigenvalue weighted by molar-refractivity contribution is -0.114. The Bertz CT molecular complexity index is 1180. The van der Waals surface area contributed by atoms with Crippen LogP contribution >= 0.6 is 34.8 Å². The predicted octanol–water partition coefficient (Wildman–Crippen LogP) is 5.79. The van der Waals surface area contributed by atoms with Gasteiger partial charge in [0.2, 0.25) is 5.91 Å². The van der Waals surface area contributed by atoms with Gasteiger partial charge in [0.15, 0.2) is 0 Å². The molecule has 0 spiro atoms. The van der Waals surface area contributed by atoms with E-state index in [2.05, 4.69) is 5.32 Å². The number of hydrogen-bond acceptors (Lipinski definition) is 3. The van der Waals surface area contributed by atoms with Crippen LogP contribution in [-0.4, -0.2) is 20.9 Å². The molecule has 1 N–H and O–H groups in total. The van der Waals surface area contributed by atoms with Gasteiger partial charge in [-0.2, -0.15) is 0 Å². The highest BCUT2D eigenvalue weighted by Gasteiger charge is 2.27. The minimum absolute atomic E-state index is 0.0157. The first-order valence-electron chi connectivity index (χ1n) is 8.77. The molecule has 30 heavy (non-hydrogen) atoms. The number of carbonyl (C=O) groups is 1. The van der Waals surface area contributed by atoms with Gasteiger partial charge in [-0.1, -0.05) is 53.0 Å². The Labute approximate surface area is 190 Å². The zero-order valence-electron chi connectivity index (χ0n) is 15.8. The fourth-order valence-electron chi connectivity index (χ4n) is 2.75. The molecule has 1 amide bonds. The zero-order valence-corrected chi connectivity index (χ0v) is 18.9. The molecule has 0 heterocycles. The summed E-state index contributed by atoms with van der Waals surface area (Å²) in [7, 11) is -4.04. The lowest BCUT2D eigenvalue weighted by Gasteiger charge is -2.24. The van der Waals surface area contributed by atoms with Crippen molar-refractivity contribution in [2.24, 2.45) is 0 Å². The van der Waals surface area contributed by atoms with E-state index in [1.165, 1.54) is 24.3 Å². The molecule has 0 radical (unpaired) electrons. The van der Waals surface area contributed by atoms with E-state index in [0.717, 1.165) is 9.87 Å². The summed E-state index contributed by atoms with van der Waals surface area (Å²) >= 11 is 18.0. The maximum atomic E-state index is 13.3. The molecule has 0 saturated carbocycles. The highest BCUT2D eigenvalue weighted by atomic mass is 35.5. The summed E-state index contributed by atoms with van der Waals surface area (Å²) < 4.78 is 27.7. The van der Waals surface area contributed by atoms with E-state index in [4.69, 9.17) is 34.8 Å². The molecule has 0 aliphatic rings. The van der Waals surface area contributed by atoms with Crippen LogP contribution in [0.4, 0.5) is 11.4 Å². The Hall–Kier alpha value is -2.25. The van der Waals surface area contributed by atoms with Crippen LogP contribution in [0.5, 0.6) is 0 Å². The molecule has 3 rings (SSSR count). The van der Waals surface area contributed by atoms with Crippen molar-refractivity contribution in [1.82, 2.24) is 0 Å². The molecule has 0 aromatic heterocycles. The number of rotatable bonds is 6. The van der Waals surface area contributed by atoms with Crippen molar-refractivity contribution in [2.75, 3.05) is 16.2 Å². The average Bonchev–Trinajstić information content (AvgIpc) is 2.70. The predicted molar refractivity (Wildman–Crippen MR) is 122 cm³/mol. The Kier molecular flexibility index (Phi) is 6.93. The summed E-state index contributed by atoms with van der Waals surface area (Å²) in [6.45, 7) is 1.37. The van der Waals surface area contributed by atoms with Gasteiger partial charge in [-0.05, 0) is 61.0 Å². The van der Waals surface area contributed by atoms with E-state index in [-0.39, 0.29) is 14.9 Å². The van der Waals surface area contributed by atoms with Crippen LogP contribution in [0.2, 0.25) is 15.1 Å². The van der Waals surface area contributed by atoms with Crippen molar-refractivity contribution >= 4 is 62.1 Å². The van der Waals surface area contributed by atoms with Crippen molar-refractivity contribution < 1.29 is 13.2 Å². The number of sulfonamides is 1. The second-order valence-electron chi connectivity index (χ2n) is 6.45. The third kappa shape index (κ3) is 5.08. The maximum absolute atomic E-state index is 13.3. The van der Waals surface area contributed by atoms with E-state index in [0.29, 0.717) is 16.4 Å². The lowest BCUT2D eigenvalue weighted by atomic mass is 10.2. The van der Waals surface area contributed by atoms with Gasteiger partial charge < -0.3 is 5.32 Å². The fraction of sp³-hybridized carbons (Fsp3) is 0.0952. The Morgan fingerprint density at radius 2 is 1.63 bits per heavy atom. The van der Waals surface area contributed by atoms with Gasteiger partial charge in [0.05, 0.1) is 26.3 Å². The highest BCUT2D eigenvalue weighted by Crippen LogP contribution is 2.30. The first-order chi connectivity index (χ1) is 14.2. The minimum atomic E-state index is -4.04. The van der Waals surface area contributed by atoms with E-state index < -0.39 is 22.5 Å². The smallest absolute Gasteiger partial charge is 0.264 e. The number of carbonyl (C=O) groups excluding carboxylic acids is 1. The van der Waals surface area contributed by atoms with E-state index in [9.17, 15) is 13.2 Å². The van der Waals surface area contributed by atoms with E-state index in [1.807, 2.05) is 13.0 Å². The monoisotopic (exact) mass is 482 g/mol. The van der Waals surface area contributed by atoms with Crippen LogP contribution in [0.3, 0.4) is 0 Å². The summed E-state index contributed by atoms with van der Waals surface area (Å²) in [4.78, 5) is 12.8. The largest absolute Gasteiger partial charge is 0.323 e. The standard InChI is InChI=1S/C21H17Cl3N2O3S/c1-14-4-2-5-16(12-14)26(30(28,29)17-10-8-15(22)9-11-17)13-20(27)25-19-7-3-6-18(23)21(19)24/h2-12H,13H2,1H3,(H,25,27).